The summed E-state index contributed by atoms with van der Waals surface area (Å²) in [5.74, 6) is -0.646. The molecule has 0 spiro atoms. The predicted molar refractivity (Wildman–Crippen MR) is 93.0 cm³/mol. The second-order valence-electron chi connectivity index (χ2n) is 5.23. The third kappa shape index (κ3) is 4.80. The van der Waals surface area contributed by atoms with E-state index in [9.17, 15) is 18.8 Å². The van der Waals surface area contributed by atoms with Crippen molar-refractivity contribution < 1.29 is 23.0 Å². The van der Waals surface area contributed by atoms with Crippen molar-refractivity contribution in [3.05, 3.63) is 59.2 Å². The summed E-state index contributed by atoms with van der Waals surface area (Å²) in [6.07, 6.45) is 1.34. The van der Waals surface area contributed by atoms with Gasteiger partial charge in [0, 0.05) is 5.69 Å². The molecule has 0 radical (unpaired) electrons. The Labute approximate surface area is 149 Å². The zero-order chi connectivity index (χ0) is 19.1. The molecule has 0 saturated heterocycles. The Morgan fingerprint density at radius 1 is 1.23 bits per heavy atom. The fourth-order valence-electron chi connectivity index (χ4n) is 2.19. The van der Waals surface area contributed by atoms with Crippen molar-refractivity contribution in [2.24, 2.45) is 0 Å². The van der Waals surface area contributed by atoms with E-state index in [1.807, 2.05) is 25.1 Å². The number of nitrogens with one attached hydrogen (secondary N) is 1. The minimum atomic E-state index is -2.99. The molecule has 0 aliphatic heterocycles. The number of benzene rings is 2. The van der Waals surface area contributed by atoms with Gasteiger partial charge >= 0.3 is 6.61 Å². The van der Waals surface area contributed by atoms with Gasteiger partial charge in [-0.2, -0.15) is 14.0 Å². The van der Waals surface area contributed by atoms with Crippen LogP contribution in [0.3, 0.4) is 0 Å². The number of nitriles is 1. The number of hydrogen-bond donors (Lipinski definition) is 1. The van der Waals surface area contributed by atoms with Crippen molar-refractivity contribution >= 4 is 17.7 Å². The first-order valence-corrected chi connectivity index (χ1v) is 7.56. The number of hydrogen-bond acceptors (Lipinski definition) is 4. The fourth-order valence-corrected chi connectivity index (χ4v) is 2.19. The number of alkyl halides is 2. The van der Waals surface area contributed by atoms with Crippen molar-refractivity contribution in [2.75, 3.05) is 12.4 Å². The summed E-state index contributed by atoms with van der Waals surface area (Å²) in [6, 6.07) is 13.1. The molecule has 0 saturated carbocycles. The number of amides is 1. The standard InChI is InChI=1S/C19H16F2N2O3/c1-12-5-3-4-6-15(12)23-18(24)14(11-22)9-13-7-8-16(26-19(20)21)17(10-13)25-2/h3-10,19H,1-2H3,(H,23,24)/b14-9+. The molecule has 5 nitrogen and oxygen atoms in total. The molecule has 1 N–H and O–H groups in total. The number of rotatable bonds is 6. The van der Waals surface area contributed by atoms with Gasteiger partial charge in [-0.3, -0.25) is 4.79 Å². The molecule has 0 aromatic heterocycles. The number of aryl methyl sites for hydroxylation is 1. The van der Waals surface area contributed by atoms with Crippen LogP contribution in [0.2, 0.25) is 0 Å². The normalized spacial score (nSPS) is 11.0. The number of nitrogens with zero attached hydrogens (tertiary/aromatic N) is 1. The lowest BCUT2D eigenvalue weighted by atomic mass is 10.1. The van der Waals surface area contributed by atoms with Crippen molar-refractivity contribution in [3.8, 4) is 17.6 Å². The quantitative estimate of drug-likeness (QED) is 0.622. The van der Waals surface area contributed by atoms with Crippen LogP contribution >= 0.6 is 0 Å². The lowest BCUT2D eigenvalue weighted by molar-refractivity contribution is -0.112. The molecule has 2 rings (SSSR count). The van der Waals surface area contributed by atoms with Gasteiger partial charge in [-0.15, -0.1) is 0 Å². The molecule has 0 fully saturated rings. The average molecular weight is 358 g/mol. The van der Waals surface area contributed by atoms with Gasteiger partial charge in [-0.05, 0) is 42.3 Å². The third-order valence-electron chi connectivity index (χ3n) is 3.47. The summed E-state index contributed by atoms with van der Waals surface area (Å²) in [7, 11) is 1.30. The summed E-state index contributed by atoms with van der Waals surface area (Å²) in [4.78, 5) is 12.3. The van der Waals surface area contributed by atoms with Crippen LogP contribution < -0.4 is 14.8 Å². The van der Waals surface area contributed by atoms with Crippen LogP contribution in [0.5, 0.6) is 11.5 Å². The molecule has 0 aliphatic carbocycles. The molecular weight excluding hydrogens is 342 g/mol. The second-order valence-corrected chi connectivity index (χ2v) is 5.23. The third-order valence-corrected chi connectivity index (χ3v) is 3.47. The molecule has 2 aromatic carbocycles. The second kappa shape index (κ2) is 8.62. The molecule has 134 valence electrons. The first-order chi connectivity index (χ1) is 12.4. The first-order valence-electron chi connectivity index (χ1n) is 7.56. The van der Waals surface area contributed by atoms with E-state index in [0.717, 1.165) is 5.56 Å². The number of anilines is 1. The Morgan fingerprint density at radius 3 is 2.58 bits per heavy atom. The molecule has 0 bridgehead atoms. The summed E-state index contributed by atoms with van der Waals surface area (Å²) < 4.78 is 34.1. The van der Waals surface area contributed by atoms with E-state index < -0.39 is 12.5 Å². The minimum absolute atomic E-state index is 0.0654. The van der Waals surface area contributed by atoms with Crippen LogP contribution in [-0.4, -0.2) is 19.6 Å². The average Bonchev–Trinajstić information content (AvgIpc) is 2.62. The number of carbonyl (C=O) groups excluding carboxylic acids is 1. The van der Waals surface area contributed by atoms with Crippen LogP contribution in [0.1, 0.15) is 11.1 Å². The summed E-state index contributed by atoms with van der Waals surface area (Å²) in [5.41, 5.74) is 1.74. The van der Waals surface area contributed by atoms with Gasteiger partial charge in [-0.25, -0.2) is 0 Å². The van der Waals surface area contributed by atoms with Gasteiger partial charge < -0.3 is 14.8 Å². The van der Waals surface area contributed by atoms with Crippen molar-refractivity contribution in [1.82, 2.24) is 0 Å². The summed E-state index contributed by atoms with van der Waals surface area (Å²) in [5, 5.41) is 11.9. The van der Waals surface area contributed by atoms with E-state index in [1.54, 1.807) is 12.1 Å². The van der Waals surface area contributed by atoms with Crippen LogP contribution in [0, 0.1) is 18.3 Å². The molecular formula is C19H16F2N2O3. The zero-order valence-corrected chi connectivity index (χ0v) is 14.1. The number of carbonyl (C=O) groups is 1. The van der Waals surface area contributed by atoms with Crippen LogP contribution in [0.25, 0.3) is 6.08 Å². The molecule has 0 heterocycles. The number of para-hydroxylation sites is 1. The monoisotopic (exact) mass is 358 g/mol. The maximum Gasteiger partial charge on any atom is 0.387 e. The lowest BCUT2D eigenvalue weighted by Gasteiger charge is -2.10. The highest BCUT2D eigenvalue weighted by atomic mass is 19.3. The molecule has 2 aromatic rings. The molecule has 26 heavy (non-hydrogen) atoms. The Morgan fingerprint density at radius 2 is 1.96 bits per heavy atom. The maximum atomic E-state index is 12.4. The van der Waals surface area contributed by atoms with Gasteiger partial charge in [0.25, 0.3) is 5.91 Å². The van der Waals surface area contributed by atoms with E-state index >= 15 is 0 Å². The Kier molecular flexibility index (Phi) is 6.28. The Balaban J connectivity index is 2.26. The van der Waals surface area contributed by atoms with E-state index in [-0.39, 0.29) is 17.1 Å². The van der Waals surface area contributed by atoms with Crippen LogP contribution in [0.15, 0.2) is 48.0 Å². The molecule has 0 aliphatic rings. The molecule has 0 unspecified atom stereocenters. The summed E-state index contributed by atoms with van der Waals surface area (Å²) in [6.45, 7) is -1.15. The SMILES string of the molecule is COc1cc(/C=C(\C#N)C(=O)Nc2ccccc2C)ccc1OC(F)F. The van der Waals surface area contributed by atoms with Crippen molar-refractivity contribution in [2.45, 2.75) is 13.5 Å². The highest BCUT2D eigenvalue weighted by Crippen LogP contribution is 2.30. The van der Waals surface area contributed by atoms with Crippen molar-refractivity contribution in [3.63, 3.8) is 0 Å². The summed E-state index contributed by atoms with van der Waals surface area (Å²) >= 11 is 0. The van der Waals surface area contributed by atoms with Crippen molar-refractivity contribution in [1.29, 1.82) is 5.26 Å². The predicted octanol–water partition coefficient (Wildman–Crippen LogP) is 4.15. The van der Waals surface area contributed by atoms with E-state index in [4.69, 9.17) is 4.74 Å². The highest BCUT2D eigenvalue weighted by Gasteiger charge is 2.13. The minimum Gasteiger partial charge on any atom is -0.493 e. The van der Waals surface area contributed by atoms with Gasteiger partial charge in [0.1, 0.15) is 11.6 Å². The Hall–Kier alpha value is -3.40. The van der Waals surface area contributed by atoms with Gasteiger partial charge in [-0.1, -0.05) is 24.3 Å². The molecule has 7 heteroatoms. The van der Waals surface area contributed by atoms with Crippen LogP contribution in [0.4, 0.5) is 14.5 Å². The smallest absolute Gasteiger partial charge is 0.387 e. The topological polar surface area (TPSA) is 71.3 Å². The van der Waals surface area contributed by atoms with E-state index in [0.29, 0.717) is 11.3 Å². The van der Waals surface area contributed by atoms with E-state index in [1.165, 1.54) is 31.4 Å². The fraction of sp³-hybridized carbons (Fsp3) is 0.158. The first kappa shape index (κ1) is 18.9. The molecule has 0 atom stereocenters. The lowest BCUT2D eigenvalue weighted by Crippen LogP contribution is -2.14. The number of ether oxygens (including phenoxy) is 2. The molecule has 1 amide bonds. The van der Waals surface area contributed by atoms with E-state index in [2.05, 4.69) is 10.1 Å². The van der Waals surface area contributed by atoms with Gasteiger partial charge in [0.05, 0.1) is 7.11 Å². The largest absolute Gasteiger partial charge is 0.493 e. The maximum absolute atomic E-state index is 12.4. The van der Waals surface area contributed by atoms with Gasteiger partial charge in [0.2, 0.25) is 0 Å². The van der Waals surface area contributed by atoms with Gasteiger partial charge in [0.15, 0.2) is 11.5 Å². The number of halogens is 2. The highest BCUT2D eigenvalue weighted by molar-refractivity contribution is 6.10. The number of methoxy groups -OCH3 is 1. The van der Waals surface area contributed by atoms with Crippen LogP contribution in [-0.2, 0) is 4.79 Å². The Bertz CT molecular complexity index is 873. The zero-order valence-electron chi connectivity index (χ0n) is 14.1.